The minimum atomic E-state index is -5.15. The highest BCUT2D eigenvalue weighted by Crippen LogP contribution is 2.47. The maximum Gasteiger partial charge on any atom is 0.472 e. The van der Waals surface area contributed by atoms with Crippen molar-refractivity contribution >= 4 is 19.8 Å². The molecule has 0 amide bonds. The molecule has 1 rings (SSSR count). The van der Waals surface area contributed by atoms with Crippen LogP contribution in [0.2, 0.25) is 0 Å². The number of aliphatic hydroxyl groups excluding tert-OH is 5. The van der Waals surface area contributed by atoms with Crippen LogP contribution in [0, 0.1) is 0 Å². The first kappa shape index (κ1) is 58.3. The molecule has 0 aromatic rings. The van der Waals surface area contributed by atoms with Crippen LogP contribution in [0.15, 0.2) is 72.9 Å². The standard InChI is InChI=1S/C49H83O13P/c1-3-5-7-9-11-13-15-17-19-21-23-25-27-29-31-33-35-37-42(50)59-39-41(40-60-63(57,58)62-49-47(55)45(53)44(52)46(54)48(49)56)61-43(51)38-36-34-32-30-28-26-24-22-20-18-16-14-12-10-8-6-4-2/h17-20,23-26,29-32,41,44-49,52-56H,3-16,21-22,27-28,33-40H2,1-2H3,(H,57,58)/t41-,44?,45-,46?,47?,48?,49?/m1/s1. The predicted octanol–water partition coefficient (Wildman–Crippen LogP) is 9.50. The number of carbonyl (C=O) groups excluding carboxylic acids is 2. The normalized spacial score (nSPS) is 22.3. The Labute approximate surface area is 378 Å². The second-order valence-corrected chi connectivity index (χ2v) is 17.7. The molecule has 1 aliphatic carbocycles. The van der Waals surface area contributed by atoms with Crippen LogP contribution in [-0.2, 0) is 32.7 Å². The second-order valence-electron chi connectivity index (χ2n) is 16.3. The van der Waals surface area contributed by atoms with Crippen LogP contribution >= 0.6 is 7.82 Å². The Morgan fingerprint density at radius 3 is 1.30 bits per heavy atom. The zero-order valence-corrected chi connectivity index (χ0v) is 39.2. The molecule has 0 aliphatic heterocycles. The van der Waals surface area contributed by atoms with Crippen LogP contribution < -0.4 is 0 Å². The number of unbranched alkanes of at least 4 members (excludes halogenated alkanes) is 14. The number of allylic oxidation sites excluding steroid dienone is 12. The lowest BCUT2D eigenvalue weighted by atomic mass is 9.85. The number of ether oxygens (including phenoxy) is 2. The van der Waals surface area contributed by atoms with Crippen molar-refractivity contribution in [2.24, 2.45) is 0 Å². The Morgan fingerprint density at radius 1 is 0.492 bits per heavy atom. The van der Waals surface area contributed by atoms with E-state index in [4.69, 9.17) is 18.5 Å². The van der Waals surface area contributed by atoms with Gasteiger partial charge in [0, 0.05) is 12.8 Å². The van der Waals surface area contributed by atoms with E-state index >= 15 is 0 Å². The number of hydrogen-bond acceptors (Lipinski definition) is 12. The molecule has 0 heterocycles. The second kappa shape index (κ2) is 38.5. The maximum atomic E-state index is 12.8. The van der Waals surface area contributed by atoms with Crippen molar-refractivity contribution in [3.05, 3.63) is 72.9 Å². The lowest BCUT2D eigenvalue weighted by molar-refractivity contribution is -0.220. The quantitative estimate of drug-likeness (QED) is 0.0148. The van der Waals surface area contributed by atoms with Gasteiger partial charge in [-0.2, -0.15) is 0 Å². The Morgan fingerprint density at radius 2 is 0.857 bits per heavy atom. The average Bonchev–Trinajstić information content (AvgIpc) is 3.26. The highest BCUT2D eigenvalue weighted by Gasteiger charge is 2.51. The molecule has 13 nitrogen and oxygen atoms in total. The van der Waals surface area contributed by atoms with E-state index in [0.29, 0.717) is 25.7 Å². The summed E-state index contributed by atoms with van der Waals surface area (Å²) in [6, 6.07) is 0. The Balaban J connectivity index is 2.53. The smallest absolute Gasteiger partial charge is 0.462 e. The van der Waals surface area contributed by atoms with Crippen LogP contribution in [0.3, 0.4) is 0 Å². The molecular weight excluding hydrogens is 827 g/mol. The van der Waals surface area contributed by atoms with Crippen molar-refractivity contribution in [2.75, 3.05) is 13.2 Å². The monoisotopic (exact) mass is 911 g/mol. The van der Waals surface area contributed by atoms with Crippen molar-refractivity contribution in [3.8, 4) is 0 Å². The summed E-state index contributed by atoms with van der Waals surface area (Å²) in [6.45, 7) is 3.19. The summed E-state index contributed by atoms with van der Waals surface area (Å²) in [5, 5.41) is 50.1. The molecule has 6 unspecified atom stereocenters. The number of rotatable bonds is 38. The van der Waals surface area contributed by atoms with Crippen molar-refractivity contribution in [1.29, 1.82) is 0 Å². The molecule has 362 valence electrons. The summed E-state index contributed by atoms with van der Waals surface area (Å²) in [6.07, 6.45) is 35.4. The molecular formula is C49H83O13P. The third-order valence-corrected chi connectivity index (χ3v) is 11.5. The van der Waals surface area contributed by atoms with Gasteiger partial charge in [-0.25, -0.2) is 4.57 Å². The van der Waals surface area contributed by atoms with Gasteiger partial charge >= 0.3 is 19.8 Å². The van der Waals surface area contributed by atoms with Gasteiger partial charge in [0.1, 0.15) is 43.2 Å². The zero-order chi connectivity index (χ0) is 46.4. The molecule has 0 radical (unpaired) electrons. The number of hydrogen-bond donors (Lipinski definition) is 6. The predicted molar refractivity (Wildman–Crippen MR) is 249 cm³/mol. The average molecular weight is 911 g/mol. The molecule has 1 fully saturated rings. The molecule has 1 saturated carbocycles. The Hall–Kier alpha value is -2.71. The van der Waals surface area contributed by atoms with Crippen LogP contribution in [0.25, 0.3) is 0 Å². The van der Waals surface area contributed by atoms with Crippen LogP contribution in [-0.4, -0.2) is 98.3 Å². The van der Waals surface area contributed by atoms with Gasteiger partial charge in [-0.3, -0.25) is 18.6 Å². The lowest BCUT2D eigenvalue weighted by Gasteiger charge is -2.41. The number of aliphatic hydroxyl groups is 5. The van der Waals surface area contributed by atoms with Crippen LogP contribution in [0.4, 0.5) is 0 Å². The third kappa shape index (κ3) is 31.0. The van der Waals surface area contributed by atoms with E-state index in [9.17, 15) is 44.6 Å². The van der Waals surface area contributed by atoms with E-state index in [1.54, 1.807) is 0 Å². The van der Waals surface area contributed by atoms with E-state index in [-0.39, 0.29) is 12.8 Å². The van der Waals surface area contributed by atoms with Crippen molar-refractivity contribution in [1.82, 2.24) is 0 Å². The molecule has 63 heavy (non-hydrogen) atoms. The highest BCUT2D eigenvalue weighted by molar-refractivity contribution is 7.47. The minimum Gasteiger partial charge on any atom is -0.462 e. The summed E-state index contributed by atoms with van der Waals surface area (Å²) in [4.78, 5) is 35.7. The molecule has 14 heteroatoms. The van der Waals surface area contributed by atoms with Gasteiger partial charge in [-0.1, -0.05) is 151 Å². The van der Waals surface area contributed by atoms with E-state index < -0.39 is 75.7 Å². The van der Waals surface area contributed by atoms with Crippen molar-refractivity contribution in [2.45, 2.75) is 211 Å². The van der Waals surface area contributed by atoms with Gasteiger partial charge in [0.05, 0.1) is 6.61 Å². The van der Waals surface area contributed by atoms with Gasteiger partial charge in [-0.05, 0) is 77.0 Å². The van der Waals surface area contributed by atoms with Crippen LogP contribution in [0.5, 0.6) is 0 Å². The highest BCUT2D eigenvalue weighted by atomic mass is 31.2. The van der Waals surface area contributed by atoms with E-state index in [0.717, 1.165) is 38.5 Å². The first-order chi connectivity index (χ1) is 30.4. The first-order valence-electron chi connectivity index (χ1n) is 23.7. The number of phosphoric acid groups is 1. The third-order valence-electron chi connectivity index (χ3n) is 10.5. The fourth-order valence-electron chi connectivity index (χ4n) is 6.67. The minimum absolute atomic E-state index is 0.0113. The van der Waals surface area contributed by atoms with E-state index in [1.165, 1.54) is 77.0 Å². The Kier molecular flexibility index (Phi) is 35.7. The van der Waals surface area contributed by atoms with E-state index in [1.807, 2.05) is 24.3 Å². The van der Waals surface area contributed by atoms with Gasteiger partial charge in [0.2, 0.25) is 0 Å². The van der Waals surface area contributed by atoms with Gasteiger partial charge in [0.25, 0.3) is 0 Å². The maximum absolute atomic E-state index is 12.8. The van der Waals surface area contributed by atoms with Crippen LogP contribution in [0.1, 0.15) is 168 Å². The number of phosphoric ester groups is 1. The fourth-order valence-corrected chi connectivity index (χ4v) is 7.64. The summed E-state index contributed by atoms with van der Waals surface area (Å²) in [5.41, 5.74) is 0. The SMILES string of the molecule is CCCCCCCCC=CCC=CCC=CCCCC(=O)OC[C@H](COP(=O)(O)OC1C(O)C(O)C(O)[C@@H](O)C1O)OC(=O)CCCC=CCC=CCC=CCCCCCCCC. The molecule has 6 N–H and O–H groups in total. The number of esters is 2. The van der Waals surface area contributed by atoms with Crippen molar-refractivity contribution in [3.63, 3.8) is 0 Å². The molecule has 1 aliphatic rings. The summed E-state index contributed by atoms with van der Waals surface area (Å²) < 4.78 is 33.4. The molecule has 0 aromatic carbocycles. The first-order valence-corrected chi connectivity index (χ1v) is 25.2. The molecule has 0 bridgehead atoms. The van der Waals surface area contributed by atoms with Gasteiger partial charge in [0.15, 0.2) is 6.10 Å². The van der Waals surface area contributed by atoms with Gasteiger partial charge < -0.3 is 39.9 Å². The number of carbonyl (C=O) groups is 2. The summed E-state index contributed by atoms with van der Waals surface area (Å²) in [5.74, 6) is -1.23. The molecule has 0 aromatic heterocycles. The lowest BCUT2D eigenvalue weighted by Crippen LogP contribution is -2.64. The summed E-state index contributed by atoms with van der Waals surface area (Å²) in [7, 11) is -5.15. The van der Waals surface area contributed by atoms with Gasteiger partial charge in [-0.15, -0.1) is 0 Å². The van der Waals surface area contributed by atoms with E-state index in [2.05, 4.69) is 62.5 Å². The molecule has 0 saturated heterocycles. The Bertz CT molecular complexity index is 1380. The van der Waals surface area contributed by atoms with Crippen molar-refractivity contribution < 1.29 is 63.1 Å². The molecule has 0 spiro atoms. The topological polar surface area (TPSA) is 210 Å². The molecule has 8 atom stereocenters. The summed E-state index contributed by atoms with van der Waals surface area (Å²) >= 11 is 0. The zero-order valence-electron chi connectivity index (χ0n) is 38.3. The largest absolute Gasteiger partial charge is 0.472 e. The fraction of sp³-hybridized carbons (Fsp3) is 0.714.